The van der Waals surface area contributed by atoms with Gasteiger partial charge in [-0.1, -0.05) is 12.8 Å². The predicted octanol–water partition coefficient (Wildman–Crippen LogP) is 0.568. The fourth-order valence-corrected chi connectivity index (χ4v) is 2.83. The number of carbonyl (C=O) groups excluding carboxylic acids is 2. The van der Waals surface area contributed by atoms with Gasteiger partial charge in [0.25, 0.3) is 5.91 Å². The van der Waals surface area contributed by atoms with Gasteiger partial charge in [-0.2, -0.15) is 5.26 Å². The number of amides is 2. The molecule has 1 aliphatic carbocycles. The van der Waals surface area contributed by atoms with Crippen LogP contribution in [0.2, 0.25) is 0 Å². The fourth-order valence-electron chi connectivity index (χ4n) is 2.83. The Morgan fingerprint density at radius 2 is 1.81 bits per heavy atom. The van der Waals surface area contributed by atoms with Crippen LogP contribution >= 0.6 is 0 Å². The van der Waals surface area contributed by atoms with Gasteiger partial charge in [0.05, 0.1) is 0 Å². The van der Waals surface area contributed by atoms with Crippen LogP contribution in [0, 0.1) is 17.2 Å². The van der Waals surface area contributed by atoms with Crippen LogP contribution in [-0.2, 0) is 9.59 Å². The van der Waals surface area contributed by atoms with Crippen LogP contribution in [0.25, 0.3) is 0 Å². The van der Waals surface area contributed by atoms with Crippen molar-refractivity contribution in [1.29, 1.82) is 5.26 Å². The Kier molecular flexibility index (Phi) is 5.76. The lowest BCUT2D eigenvalue weighted by atomic mass is 9.97. The maximum Gasteiger partial charge on any atom is 0.263 e. The molecule has 3 N–H and O–H groups in total. The number of rotatable bonds is 4. The summed E-state index contributed by atoms with van der Waals surface area (Å²) in [5, 5.41) is 17.7. The first-order valence-corrected chi connectivity index (χ1v) is 7.63. The number of carbonyl (C=O) groups is 2. The molecule has 114 valence electrons. The second-order valence-electron chi connectivity index (χ2n) is 5.66. The minimum absolute atomic E-state index is 0.0378. The smallest absolute Gasteiger partial charge is 0.263 e. The highest BCUT2D eigenvalue weighted by Crippen LogP contribution is 2.18. The molecule has 0 spiro atoms. The Labute approximate surface area is 125 Å². The number of nitrogens with zero attached hydrogens (tertiary/aromatic N) is 1. The first kappa shape index (κ1) is 15.5. The summed E-state index contributed by atoms with van der Waals surface area (Å²) in [6.45, 7) is 1.66. The first-order chi connectivity index (χ1) is 10.2. The highest BCUT2D eigenvalue weighted by molar-refractivity contribution is 5.98. The molecule has 1 saturated heterocycles. The molecule has 1 heterocycles. The number of nitrogens with one attached hydrogen (secondary N) is 3. The molecule has 2 rings (SSSR count). The van der Waals surface area contributed by atoms with Gasteiger partial charge in [-0.25, -0.2) is 0 Å². The molecule has 0 unspecified atom stereocenters. The van der Waals surface area contributed by atoms with E-state index in [1.165, 1.54) is 6.20 Å². The van der Waals surface area contributed by atoms with E-state index in [1.54, 1.807) is 0 Å². The van der Waals surface area contributed by atoms with Crippen LogP contribution in [0.15, 0.2) is 11.8 Å². The van der Waals surface area contributed by atoms with E-state index >= 15 is 0 Å². The molecule has 2 amide bonds. The summed E-state index contributed by atoms with van der Waals surface area (Å²) in [7, 11) is 0. The van der Waals surface area contributed by atoms with Gasteiger partial charge in [0.15, 0.2) is 0 Å². The minimum atomic E-state index is -0.394. The summed E-state index contributed by atoms with van der Waals surface area (Å²) >= 11 is 0. The average Bonchev–Trinajstić information content (AvgIpc) is 3.01. The quantitative estimate of drug-likeness (QED) is 0.521. The Balaban J connectivity index is 1.85. The topological polar surface area (TPSA) is 94.0 Å². The van der Waals surface area contributed by atoms with Crippen molar-refractivity contribution >= 4 is 11.8 Å². The van der Waals surface area contributed by atoms with Crippen molar-refractivity contribution in [2.45, 2.75) is 44.6 Å². The van der Waals surface area contributed by atoms with Crippen LogP contribution in [-0.4, -0.2) is 30.9 Å². The molecule has 0 atom stereocenters. The van der Waals surface area contributed by atoms with Crippen molar-refractivity contribution in [1.82, 2.24) is 16.0 Å². The van der Waals surface area contributed by atoms with Gasteiger partial charge in [0, 0.05) is 18.2 Å². The van der Waals surface area contributed by atoms with Crippen molar-refractivity contribution in [2.75, 3.05) is 13.1 Å². The maximum atomic E-state index is 12.0. The van der Waals surface area contributed by atoms with Crippen molar-refractivity contribution < 1.29 is 9.59 Å². The Morgan fingerprint density at radius 1 is 1.14 bits per heavy atom. The second kappa shape index (κ2) is 7.79. The Hall–Kier alpha value is -1.87. The van der Waals surface area contributed by atoms with Crippen molar-refractivity contribution in [3.05, 3.63) is 11.8 Å². The average molecular weight is 290 g/mol. The molecule has 21 heavy (non-hydrogen) atoms. The number of nitriles is 1. The van der Waals surface area contributed by atoms with Gasteiger partial charge >= 0.3 is 0 Å². The van der Waals surface area contributed by atoms with Gasteiger partial charge in [0.1, 0.15) is 11.6 Å². The van der Waals surface area contributed by atoms with Crippen LogP contribution in [0.5, 0.6) is 0 Å². The molecular formula is C15H22N4O2. The molecule has 2 aliphatic rings. The van der Waals surface area contributed by atoms with E-state index in [2.05, 4.69) is 16.0 Å². The van der Waals surface area contributed by atoms with Crippen LogP contribution < -0.4 is 16.0 Å². The monoisotopic (exact) mass is 290 g/mol. The van der Waals surface area contributed by atoms with Gasteiger partial charge in [-0.15, -0.1) is 0 Å². The van der Waals surface area contributed by atoms with Crippen molar-refractivity contribution in [3.63, 3.8) is 0 Å². The van der Waals surface area contributed by atoms with Gasteiger partial charge in [-0.05, 0) is 38.8 Å². The van der Waals surface area contributed by atoms with E-state index in [0.29, 0.717) is 0 Å². The highest BCUT2D eigenvalue weighted by atomic mass is 16.2. The summed E-state index contributed by atoms with van der Waals surface area (Å²) in [4.78, 5) is 23.9. The zero-order valence-electron chi connectivity index (χ0n) is 12.2. The summed E-state index contributed by atoms with van der Waals surface area (Å²) in [5.74, 6) is -0.548. The third-order valence-corrected chi connectivity index (χ3v) is 4.12. The second-order valence-corrected chi connectivity index (χ2v) is 5.66. The van der Waals surface area contributed by atoms with E-state index in [0.717, 1.165) is 51.6 Å². The van der Waals surface area contributed by atoms with Crippen LogP contribution in [0.3, 0.4) is 0 Å². The third kappa shape index (κ3) is 4.57. The SMILES string of the molecule is N#C/C(=C/NC(=O)C1CCNCC1)C(=O)NC1CCCC1. The molecule has 0 radical (unpaired) electrons. The van der Waals surface area contributed by atoms with Crippen LogP contribution in [0.4, 0.5) is 0 Å². The standard InChI is InChI=1S/C15H22N4O2/c16-9-12(15(21)19-13-3-1-2-4-13)10-18-14(20)11-5-7-17-8-6-11/h10-11,13,17H,1-8H2,(H,18,20)(H,19,21)/b12-10-. The molecule has 6 nitrogen and oxygen atoms in total. The number of piperidine rings is 1. The molecule has 2 fully saturated rings. The van der Waals surface area contributed by atoms with E-state index < -0.39 is 5.91 Å². The largest absolute Gasteiger partial charge is 0.349 e. The van der Waals surface area contributed by atoms with E-state index in [4.69, 9.17) is 5.26 Å². The lowest BCUT2D eigenvalue weighted by Crippen LogP contribution is -2.37. The summed E-state index contributed by atoms with van der Waals surface area (Å²) in [5.41, 5.74) is -0.0378. The zero-order valence-corrected chi connectivity index (χ0v) is 12.2. The van der Waals surface area contributed by atoms with Gasteiger partial charge < -0.3 is 16.0 Å². The van der Waals surface area contributed by atoms with Gasteiger partial charge in [0.2, 0.25) is 5.91 Å². The molecular weight excluding hydrogens is 268 g/mol. The summed E-state index contributed by atoms with van der Waals surface area (Å²) < 4.78 is 0. The highest BCUT2D eigenvalue weighted by Gasteiger charge is 2.22. The lowest BCUT2D eigenvalue weighted by molar-refractivity contribution is -0.124. The molecule has 1 saturated carbocycles. The zero-order chi connectivity index (χ0) is 15.1. The van der Waals surface area contributed by atoms with E-state index in [1.807, 2.05) is 6.07 Å². The minimum Gasteiger partial charge on any atom is -0.349 e. The number of hydrogen-bond donors (Lipinski definition) is 3. The molecule has 1 aliphatic heterocycles. The molecule has 0 aromatic heterocycles. The maximum absolute atomic E-state index is 12.0. The Bertz CT molecular complexity index is 455. The molecule has 0 aromatic rings. The summed E-state index contributed by atoms with van der Waals surface area (Å²) in [6.07, 6.45) is 6.98. The van der Waals surface area contributed by atoms with E-state index in [9.17, 15) is 9.59 Å². The normalized spacial score (nSPS) is 20.8. The molecule has 0 aromatic carbocycles. The van der Waals surface area contributed by atoms with Crippen LogP contribution in [0.1, 0.15) is 38.5 Å². The summed E-state index contributed by atoms with van der Waals surface area (Å²) in [6, 6.07) is 2.02. The fraction of sp³-hybridized carbons (Fsp3) is 0.667. The predicted molar refractivity (Wildman–Crippen MR) is 77.8 cm³/mol. The molecule has 6 heteroatoms. The Morgan fingerprint density at radius 3 is 2.43 bits per heavy atom. The van der Waals surface area contributed by atoms with E-state index in [-0.39, 0.29) is 23.4 Å². The lowest BCUT2D eigenvalue weighted by Gasteiger charge is -2.20. The van der Waals surface area contributed by atoms with Gasteiger partial charge in [-0.3, -0.25) is 9.59 Å². The molecule has 0 bridgehead atoms. The van der Waals surface area contributed by atoms with Crippen molar-refractivity contribution in [3.8, 4) is 6.07 Å². The third-order valence-electron chi connectivity index (χ3n) is 4.12. The first-order valence-electron chi connectivity index (χ1n) is 7.63. The number of hydrogen-bond acceptors (Lipinski definition) is 4. The van der Waals surface area contributed by atoms with Crippen molar-refractivity contribution in [2.24, 2.45) is 5.92 Å².